The maximum Gasteiger partial charge on any atom is 0.245 e. The Balaban J connectivity index is 1.64. The summed E-state index contributed by atoms with van der Waals surface area (Å²) in [5.74, 6) is -0.111. The highest BCUT2D eigenvalue weighted by Crippen LogP contribution is 2.59. The Bertz CT molecular complexity index is 306. The van der Waals surface area contributed by atoms with Crippen LogP contribution in [-0.2, 0) is 0 Å². The minimum absolute atomic E-state index is 0.0554. The molecule has 0 aromatic heterocycles. The summed E-state index contributed by atoms with van der Waals surface area (Å²) in [6.07, 6.45) is 13.1. The van der Waals surface area contributed by atoms with Crippen molar-refractivity contribution in [2.45, 2.75) is 97.3 Å². The number of hydrogen-bond donors (Lipinski definition) is 0. The van der Waals surface area contributed by atoms with Crippen LogP contribution in [0.25, 0.3) is 0 Å². The minimum atomic E-state index is -2.48. The Hall–Kier alpha value is -0.140. The lowest BCUT2D eigenvalue weighted by molar-refractivity contribution is 0.00678. The zero-order valence-electron chi connectivity index (χ0n) is 14.3. The van der Waals surface area contributed by atoms with E-state index < -0.39 is 5.92 Å². The van der Waals surface area contributed by atoms with E-state index in [0.717, 1.165) is 25.2 Å². The van der Waals surface area contributed by atoms with Crippen molar-refractivity contribution in [2.24, 2.45) is 23.2 Å². The van der Waals surface area contributed by atoms with Crippen LogP contribution < -0.4 is 0 Å². The zero-order chi connectivity index (χ0) is 15.5. The average molecular weight is 300 g/mol. The van der Waals surface area contributed by atoms with Crippen LogP contribution in [0.5, 0.6) is 0 Å². The van der Waals surface area contributed by atoms with Crippen molar-refractivity contribution < 1.29 is 8.78 Å². The molecule has 0 N–H and O–H groups in total. The van der Waals surface area contributed by atoms with Gasteiger partial charge in [-0.2, -0.15) is 0 Å². The van der Waals surface area contributed by atoms with Crippen LogP contribution in [0.1, 0.15) is 91.4 Å². The molecule has 1 atom stereocenters. The van der Waals surface area contributed by atoms with Gasteiger partial charge < -0.3 is 0 Å². The lowest BCUT2D eigenvalue weighted by Crippen LogP contribution is -2.22. The van der Waals surface area contributed by atoms with Crippen LogP contribution in [-0.4, -0.2) is 5.92 Å². The molecule has 0 amide bonds. The molecule has 2 rings (SSSR count). The van der Waals surface area contributed by atoms with Gasteiger partial charge in [-0.25, -0.2) is 8.78 Å². The van der Waals surface area contributed by atoms with Gasteiger partial charge in [0.15, 0.2) is 0 Å². The van der Waals surface area contributed by atoms with Gasteiger partial charge in [-0.3, -0.25) is 0 Å². The van der Waals surface area contributed by atoms with E-state index in [2.05, 4.69) is 13.8 Å². The van der Waals surface area contributed by atoms with Gasteiger partial charge >= 0.3 is 0 Å². The number of rotatable bonds is 8. The molecular weight excluding hydrogens is 266 g/mol. The summed E-state index contributed by atoms with van der Waals surface area (Å²) in [6, 6.07) is 0. The third kappa shape index (κ3) is 5.53. The maximum atomic E-state index is 12.9. The maximum absolute atomic E-state index is 12.9. The highest BCUT2D eigenvalue weighted by molar-refractivity contribution is 4.99. The Morgan fingerprint density at radius 3 is 2.24 bits per heavy atom. The third-order valence-electron chi connectivity index (χ3n) is 6.22. The molecular formula is C19H34F2. The number of hydrogen-bond acceptors (Lipinski definition) is 0. The molecule has 0 nitrogen and oxygen atoms in total. The Morgan fingerprint density at radius 2 is 1.71 bits per heavy atom. The first-order valence-corrected chi connectivity index (χ1v) is 9.19. The quantitative estimate of drug-likeness (QED) is 0.460. The van der Waals surface area contributed by atoms with Crippen molar-refractivity contribution in [3.05, 3.63) is 0 Å². The monoisotopic (exact) mass is 300 g/mol. The molecule has 2 saturated carbocycles. The SMILES string of the molecule is CC1CCC(C2(CCC[C@H](C)CCC(C)(F)F)CC2)CC1. The average Bonchev–Trinajstić information content (AvgIpc) is 3.17. The van der Waals surface area contributed by atoms with Crippen LogP contribution in [0.4, 0.5) is 8.78 Å². The second kappa shape index (κ2) is 6.96. The molecule has 2 aliphatic carbocycles. The van der Waals surface area contributed by atoms with E-state index in [0.29, 0.717) is 17.8 Å². The van der Waals surface area contributed by atoms with E-state index in [9.17, 15) is 8.78 Å². The molecule has 124 valence electrons. The van der Waals surface area contributed by atoms with Crippen LogP contribution in [0.2, 0.25) is 0 Å². The molecule has 0 bridgehead atoms. The van der Waals surface area contributed by atoms with Crippen molar-refractivity contribution >= 4 is 0 Å². The van der Waals surface area contributed by atoms with E-state index in [1.807, 2.05) is 0 Å². The van der Waals surface area contributed by atoms with Gasteiger partial charge in [-0.15, -0.1) is 0 Å². The highest BCUT2D eigenvalue weighted by atomic mass is 19.3. The predicted molar refractivity (Wildman–Crippen MR) is 85.7 cm³/mol. The largest absolute Gasteiger partial charge is 0.245 e. The lowest BCUT2D eigenvalue weighted by Gasteiger charge is -2.33. The lowest BCUT2D eigenvalue weighted by atomic mass is 9.72. The van der Waals surface area contributed by atoms with Crippen LogP contribution in [0.15, 0.2) is 0 Å². The van der Waals surface area contributed by atoms with Crippen molar-refractivity contribution in [3.8, 4) is 0 Å². The summed E-state index contributed by atoms with van der Waals surface area (Å²) in [7, 11) is 0. The topological polar surface area (TPSA) is 0 Å². The smallest absolute Gasteiger partial charge is 0.207 e. The molecule has 2 fully saturated rings. The molecule has 21 heavy (non-hydrogen) atoms. The molecule has 0 unspecified atom stereocenters. The highest BCUT2D eigenvalue weighted by Gasteiger charge is 2.48. The Labute approximate surface area is 130 Å². The summed E-state index contributed by atoms with van der Waals surface area (Å²) in [6.45, 7) is 5.58. The molecule has 0 radical (unpaired) electrons. The second-order valence-electron chi connectivity index (χ2n) is 8.43. The third-order valence-corrected chi connectivity index (χ3v) is 6.22. The van der Waals surface area contributed by atoms with Gasteiger partial charge in [0.25, 0.3) is 0 Å². The minimum Gasteiger partial charge on any atom is -0.207 e. The molecule has 0 aromatic rings. The normalized spacial score (nSPS) is 30.1. The van der Waals surface area contributed by atoms with Gasteiger partial charge in [0.05, 0.1) is 0 Å². The number of alkyl halides is 2. The summed E-state index contributed by atoms with van der Waals surface area (Å²) >= 11 is 0. The first-order chi connectivity index (χ1) is 9.81. The molecule has 0 saturated heterocycles. The van der Waals surface area contributed by atoms with E-state index in [1.54, 1.807) is 0 Å². The molecule has 2 heteroatoms. The van der Waals surface area contributed by atoms with Crippen molar-refractivity contribution in [2.75, 3.05) is 0 Å². The van der Waals surface area contributed by atoms with Crippen molar-refractivity contribution in [1.82, 2.24) is 0 Å². The Morgan fingerprint density at radius 1 is 1.10 bits per heavy atom. The fourth-order valence-electron chi connectivity index (χ4n) is 4.34. The summed E-state index contributed by atoms with van der Waals surface area (Å²) in [5.41, 5.74) is 0.675. The predicted octanol–water partition coefficient (Wildman–Crippen LogP) is 6.83. The fourth-order valence-corrected chi connectivity index (χ4v) is 4.34. The summed E-state index contributed by atoms with van der Waals surface area (Å²) in [4.78, 5) is 0. The van der Waals surface area contributed by atoms with Crippen molar-refractivity contribution in [1.29, 1.82) is 0 Å². The van der Waals surface area contributed by atoms with Gasteiger partial charge in [0.1, 0.15) is 0 Å². The molecule has 0 aliphatic heterocycles. The van der Waals surface area contributed by atoms with Crippen LogP contribution in [0, 0.1) is 23.2 Å². The first-order valence-electron chi connectivity index (χ1n) is 9.19. The van der Waals surface area contributed by atoms with Crippen LogP contribution in [0.3, 0.4) is 0 Å². The fraction of sp³-hybridized carbons (Fsp3) is 1.00. The molecule has 2 aliphatic rings. The second-order valence-corrected chi connectivity index (χ2v) is 8.43. The van der Waals surface area contributed by atoms with Crippen molar-refractivity contribution in [3.63, 3.8) is 0 Å². The van der Waals surface area contributed by atoms with Gasteiger partial charge in [0.2, 0.25) is 5.92 Å². The van der Waals surface area contributed by atoms with E-state index in [1.165, 1.54) is 51.4 Å². The van der Waals surface area contributed by atoms with Gasteiger partial charge in [-0.1, -0.05) is 39.5 Å². The first kappa shape index (κ1) is 17.2. The van der Waals surface area contributed by atoms with Crippen LogP contribution >= 0.6 is 0 Å². The summed E-state index contributed by atoms with van der Waals surface area (Å²) < 4.78 is 25.8. The summed E-state index contributed by atoms with van der Waals surface area (Å²) in [5, 5.41) is 0. The van der Waals surface area contributed by atoms with Gasteiger partial charge in [0, 0.05) is 6.42 Å². The molecule has 0 spiro atoms. The Kier molecular flexibility index (Phi) is 5.71. The van der Waals surface area contributed by atoms with Gasteiger partial charge in [-0.05, 0) is 68.6 Å². The zero-order valence-corrected chi connectivity index (χ0v) is 14.3. The molecule has 0 heterocycles. The number of halogens is 2. The standard InChI is InChI=1S/C19H34F2/c1-15(10-12-18(3,20)21)5-4-11-19(13-14-19)17-8-6-16(2)7-9-17/h15-17H,4-14H2,1-3H3/t15-,16?,17?/m0/s1. The van der Waals surface area contributed by atoms with E-state index >= 15 is 0 Å². The van der Waals surface area contributed by atoms with E-state index in [-0.39, 0.29) is 6.42 Å². The molecule has 0 aromatic carbocycles. The van der Waals surface area contributed by atoms with E-state index in [4.69, 9.17) is 0 Å².